The summed E-state index contributed by atoms with van der Waals surface area (Å²) in [4.78, 5) is 15.1. The number of fused-ring (bicyclic) bond motifs is 6. The van der Waals surface area contributed by atoms with Gasteiger partial charge in [0.1, 0.15) is 0 Å². The molecule has 4 heteroatoms. The first-order chi connectivity index (χ1) is 15.2. The summed E-state index contributed by atoms with van der Waals surface area (Å²) in [6.07, 6.45) is 6.57. The van der Waals surface area contributed by atoms with Gasteiger partial charge < -0.3 is 0 Å². The Morgan fingerprint density at radius 1 is 0.710 bits per heavy atom. The van der Waals surface area contributed by atoms with Crippen LogP contribution >= 0.6 is 0 Å². The summed E-state index contributed by atoms with van der Waals surface area (Å²) in [7, 11) is 0. The van der Waals surface area contributed by atoms with E-state index in [1.807, 2.05) is 42.6 Å². The molecule has 0 saturated heterocycles. The largest absolute Gasteiger partial charge is 0.277 e. The van der Waals surface area contributed by atoms with Crippen LogP contribution in [0.1, 0.15) is 24.0 Å². The summed E-state index contributed by atoms with van der Waals surface area (Å²) >= 11 is 0. The van der Waals surface area contributed by atoms with E-state index in [-0.39, 0.29) is 10.6 Å². The quantitative estimate of drug-likeness (QED) is 0.171. The number of benzene rings is 4. The van der Waals surface area contributed by atoms with Crippen LogP contribution in [0.4, 0.5) is 5.69 Å². The molecule has 0 spiro atoms. The zero-order chi connectivity index (χ0) is 21.2. The molecule has 0 unspecified atom stereocenters. The molecule has 1 aliphatic carbocycles. The summed E-state index contributed by atoms with van der Waals surface area (Å²) in [5.41, 5.74) is 4.13. The molecule has 0 amide bonds. The highest BCUT2D eigenvalue weighted by molar-refractivity contribution is 6.11. The summed E-state index contributed by atoms with van der Waals surface area (Å²) < 4.78 is 0. The van der Waals surface area contributed by atoms with Gasteiger partial charge in [0.2, 0.25) is 0 Å². The lowest BCUT2D eigenvalue weighted by Crippen LogP contribution is -2.03. The fourth-order valence-corrected chi connectivity index (χ4v) is 4.59. The maximum Gasteiger partial charge on any atom is 0.277 e. The third kappa shape index (κ3) is 3.61. The van der Waals surface area contributed by atoms with E-state index >= 15 is 0 Å². The van der Waals surface area contributed by atoms with E-state index in [4.69, 9.17) is 0 Å². The predicted octanol–water partition coefficient (Wildman–Crippen LogP) is 7.01. The Bertz CT molecular complexity index is 1360. The number of para-hydroxylation sites is 1. The molecule has 0 N–H and O–H groups in total. The van der Waals surface area contributed by atoms with Crippen molar-refractivity contribution in [3.05, 3.63) is 106 Å². The second kappa shape index (κ2) is 8.15. The van der Waals surface area contributed by atoms with Crippen molar-refractivity contribution < 1.29 is 4.92 Å². The number of pyridine rings is 1. The fraction of sp³-hybridized carbons (Fsp3) is 0.148. The van der Waals surface area contributed by atoms with Gasteiger partial charge in [0.15, 0.2) is 0 Å². The zero-order valence-electron chi connectivity index (χ0n) is 17.1. The molecule has 5 aromatic rings. The summed E-state index contributed by atoms with van der Waals surface area (Å²) in [6, 6.07) is 25.7. The highest BCUT2D eigenvalue weighted by atomic mass is 16.6. The van der Waals surface area contributed by atoms with E-state index in [1.54, 1.807) is 12.1 Å². The average Bonchev–Trinajstić information content (AvgIpc) is 2.83. The van der Waals surface area contributed by atoms with Crippen LogP contribution in [-0.2, 0) is 12.8 Å². The van der Waals surface area contributed by atoms with Crippen molar-refractivity contribution in [3.63, 3.8) is 0 Å². The second-order valence-corrected chi connectivity index (χ2v) is 7.90. The number of non-ortho nitro benzene ring substituents is 1. The topological polar surface area (TPSA) is 56.0 Å². The Morgan fingerprint density at radius 2 is 1.45 bits per heavy atom. The van der Waals surface area contributed by atoms with Crippen LogP contribution in [0.15, 0.2) is 85.1 Å². The predicted molar refractivity (Wildman–Crippen MR) is 126 cm³/mol. The molecule has 0 radical (unpaired) electrons. The average molecular weight is 406 g/mol. The zero-order valence-corrected chi connectivity index (χ0v) is 17.1. The SMILES string of the molecule is O=[N+]([O-])c1cccc2c1ccc1c3c(ccc12)CCCC3.c1ccc2ncccc2c1. The minimum atomic E-state index is -0.299. The van der Waals surface area contributed by atoms with Crippen molar-refractivity contribution in [1.29, 1.82) is 0 Å². The molecule has 0 saturated carbocycles. The minimum absolute atomic E-state index is 0.187. The van der Waals surface area contributed by atoms with Crippen LogP contribution in [-0.4, -0.2) is 9.91 Å². The first-order valence-corrected chi connectivity index (χ1v) is 10.6. The second-order valence-electron chi connectivity index (χ2n) is 7.90. The van der Waals surface area contributed by atoms with Gasteiger partial charge in [0.05, 0.1) is 15.8 Å². The Hall–Kier alpha value is -3.79. The maximum atomic E-state index is 11.2. The van der Waals surface area contributed by atoms with Crippen LogP contribution in [0.25, 0.3) is 32.4 Å². The van der Waals surface area contributed by atoms with Crippen molar-refractivity contribution in [2.75, 3.05) is 0 Å². The number of hydrogen-bond donors (Lipinski definition) is 0. The smallest absolute Gasteiger partial charge is 0.258 e. The molecular formula is C27H22N2O2. The van der Waals surface area contributed by atoms with E-state index in [9.17, 15) is 10.1 Å². The summed E-state index contributed by atoms with van der Waals surface area (Å²) in [6.45, 7) is 0. The van der Waals surface area contributed by atoms with Gasteiger partial charge in [0.25, 0.3) is 5.69 Å². The van der Waals surface area contributed by atoms with Gasteiger partial charge in [-0.1, -0.05) is 54.6 Å². The van der Waals surface area contributed by atoms with E-state index in [1.165, 1.54) is 34.7 Å². The van der Waals surface area contributed by atoms with Crippen LogP contribution < -0.4 is 0 Å². The molecular weight excluding hydrogens is 384 g/mol. The van der Waals surface area contributed by atoms with Crippen molar-refractivity contribution in [2.24, 2.45) is 0 Å². The van der Waals surface area contributed by atoms with Gasteiger partial charge in [-0.2, -0.15) is 0 Å². The molecule has 6 rings (SSSR count). The number of nitrogens with zero attached hydrogens (tertiary/aromatic N) is 2. The van der Waals surface area contributed by atoms with Gasteiger partial charge in [0, 0.05) is 17.6 Å². The lowest BCUT2D eigenvalue weighted by atomic mass is 9.86. The first kappa shape index (κ1) is 19.2. The van der Waals surface area contributed by atoms with Crippen molar-refractivity contribution >= 4 is 38.1 Å². The normalized spacial score (nSPS) is 12.9. The Balaban J connectivity index is 0.000000171. The Labute approximate surface area is 180 Å². The number of aromatic nitrogens is 1. The third-order valence-electron chi connectivity index (χ3n) is 6.08. The standard InChI is InChI=1S/C18H15NO2.C9H7N/c20-19(21)18-7-3-6-14-16-9-8-12-4-1-2-5-13(12)15(16)10-11-17(14)18;1-2-6-9-8(4-1)5-3-7-10-9/h3,6-11H,1-2,4-5H2;1-7H. The Kier molecular flexibility index (Phi) is 5.04. The van der Waals surface area contributed by atoms with Gasteiger partial charge in [-0.3, -0.25) is 15.1 Å². The molecule has 4 aromatic carbocycles. The number of nitro benzene ring substituents is 1. The lowest BCUT2D eigenvalue weighted by Gasteiger charge is -2.18. The summed E-state index contributed by atoms with van der Waals surface area (Å²) in [5.74, 6) is 0. The molecule has 0 fully saturated rings. The molecule has 4 nitrogen and oxygen atoms in total. The van der Waals surface area contributed by atoms with Crippen LogP contribution in [0.5, 0.6) is 0 Å². The molecule has 1 aromatic heterocycles. The minimum Gasteiger partial charge on any atom is -0.258 e. The monoisotopic (exact) mass is 406 g/mol. The van der Waals surface area contributed by atoms with E-state index in [2.05, 4.69) is 35.3 Å². The van der Waals surface area contributed by atoms with E-state index < -0.39 is 0 Å². The maximum absolute atomic E-state index is 11.2. The van der Waals surface area contributed by atoms with Gasteiger partial charge >= 0.3 is 0 Å². The van der Waals surface area contributed by atoms with E-state index in [0.29, 0.717) is 0 Å². The molecule has 31 heavy (non-hydrogen) atoms. The van der Waals surface area contributed by atoms with Crippen molar-refractivity contribution in [2.45, 2.75) is 25.7 Å². The molecule has 1 heterocycles. The molecule has 1 aliphatic rings. The number of rotatable bonds is 1. The Morgan fingerprint density at radius 3 is 2.32 bits per heavy atom. The van der Waals surface area contributed by atoms with Crippen molar-refractivity contribution in [1.82, 2.24) is 4.98 Å². The third-order valence-corrected chi connectivity index (χ3v) is 6.08. The molecule has 0 bridgehead atoms. The molecule has 0 aliphatic heterocycles. The highest BCUT2D eigenvalue weighted by Crippen LogP contribution is 2.35. The number of nitro groups is 1. The lowest BCUT2D eigenvalue weighted by molar-refractivity contribution is -0.383. The van der Waals surface area contributed by atoms with Crippen LogP contribution in [0.2, 0.25) is 0 Å². The van der Waals surface area contributed by atoms with Crippen LogP contribution in [0.3, 0.4) is 0 Å². The van der Waals surface area contributed by atoms with Gasteiger partial charge in [-0.25, -0.2) is 0 Å². The summed E-state index contributed by atoms with van der Waals surface area (Å²) in [5, 5.41) is 16.5. The van der Waals surface area contributed by atoms with Gasteiger partial charge in [-0.15, -0.1) is 0 Å². The molecule has 152 valence electrons. The number of hydrogen-bond acceptors (Lipinski definition) is 3. The highest BCUT2D eigenvalue weighted by Gasteiger charge is 2.16. The van der Waals surface area contributed by atoms with E-state index in [0.717, 1.165) is 34.5 Å². The van der Waals surface area contributed by atoms with Crippen LogP contribution in [0, 0.1) is 10.1 Å². The first-order valence-electron chi connectivity index (χ1n) is 10.6. The van der Waals surface area contributed by atoms with Gasteiger partial charge in [-0.05, 0) is 71.2 Å². The fourth-order valence-electron chi connectivity index (χ4n) is 4.59. The molecule has 0 atom stereocenters. The number of aryl methyl sites for hydroxylation is 2. The van der Waals surface area contributed by atoms with Crippen molar-refractivity contribution in [3.8, 4) is 0 Å².